The Morgan fingerprint density at radius 2 is 1.77 bits per heavy atom. The number of ether oxygens (including phenoxy) is 1. The molecule has 0 spiro atoms. The molecule has 0 saturated carbocycles. The van der Waals surface area contributed by atoms with E-state index in [0.29, 0.717) is 22.9 Å². The van der Waals surface area contributed by atoms with Crippen LogP contribution in [0.5, 0.6) is 0 Å². The predicted molar refractivity (Wildman–Crippen MR) is 102 cm³/mol. The average Bonchev–Trinajstić information content (AvgIpc) is 2.96. The van der Waals surface area contributed by atoms with Crippen LogP contribution in [-0.4, -0.2) is 28.0 Å². The number of carbonyl (C=O) groups is 1. The first-order chi connectivity index (χ1) is 12.5. The molecule has 2 heterocycles. The molecule has 9 heteroatoms. The molecule has 2 aromatic heterocycles. The van der Waals surface area contributed by atoms with Gasteiger partial charge in [0.25, 0.3) is 0 Å². The molecule has 0 saturated heterocycles. The lowest BCUT2D eigenvalue weighted by molar-refractivity contribution is 0.0601. The van der Waals surface area contributed by atoms with Crippen molar-refractivity contribution in [2.45, 2.75) is 13.8 Å². The van der Waals surface area contributed by atoms with Crippen LogP contribution in [0.25, 0.3) is 0 Å². The van der Waals surface area contributed by atoms with Crippen molar-refractivity contribution in [2.24, 2.45) is 0 Å². The summed E-state index contributed by atoms with van der Waals surface area (Å²) in [6, 6.07) is 6.81. The second-order valence-electron chi connectivity index (χ2n) is 5.46. The summed E-state index contributed by atoms with van der Waals surface area (Å²) in [6.07, 6.45) is 1.41. The fourth-order valence-electron chi connectivity index (χ4n) is 2.17. The molecule has 0 aliphatic rings. The first kappa shape index (κ1) is 17.6. The molecule has 0 aliphatic heterocycles. The summed E-state index contributed by atoms with van der Waals surface area (Å²) in [4.78, 5) is 25.4. The van der Waals surface area contributed by atoms with E-state index in [0.717, 1.165) is 21.4 Å². The van der Waals surface area contributed by atoms with Crippen LogP contribution in [0, 0.1) is 13.8 Å². The SMILES string of the molecule is COC(=O)c1ccc(Nc2ncnc(Nc3nc(C)c(C)s3)c2N)cc1. The molecule has 3 rings (SSSR count). The fraction of sp³-hybridized carbons (Fsp3) is 0.176. The zero-order chi connectivity index (χ0) is 18.7. The number of nitrogens with zero attached hydrogens (tertiary/aromatic N) is 3. The predicted octanol–water partition coefficient (Wildman–Crippen LogP) is 3.41. The summed E-state index contributed by atoms with van der Waals surface area (Å²) in [5, 5.41) is 6.96. The Kier molecular flexibility index (Phi) is 4.99. The molecular weight excluding hydrogens is 352 g/mol. The average molecular weight is 370 g/mol. The number of nitrogen functional groups attached to an aromatic ring is 1. The zero-order valence-electron chi connectivity index (χ0n) is 14.5. The normalized spacial score (nSPS) is 10.4. The van der Waals surface area contributed by atoms with E-state index < -0.39 is 5.97 Å². The van der Waals surface area contributed by atoms with E-state index >= 15 is 0 Å². The highest BCUT2D eigenvalue weighted by Crippen LogP contribution is 2.30. The number of thiazole rings is 1. The number of esters is 1. The van der Waals surface area contributed by atoms with Gasteiger partial charge in [0.2, 0.25) is 0 Å². The number of methoxy groups -OCH3 is 1. The molecule has 0 atom stereocenters. The number of hydrogen-bond acceptors (Lipinski definition) is 9. The van der Waals surface area contributed by atoms with Gasteiger partial charge in [-0.25, -0.2) is 19.7 Å². The van der Waals surface area contributed by atoms with Gasteiger partial charge in [0, 0.05) is 10.6 Å². The van der Waals surface area contributed by atoms with Crippen LogP contribution < -0.4 is 16.4 Å². The molecule has 0 fully saturated rings. The summed E-state index contributed by atoms with van der Waals surface area (Å²) in [7, 11) is 1.34. The van der Waals surface area contributed by atoms with E-state index in [1.165, 1.54) is 24.8 Å². The van der Waals surface area contributed by atoms with Crippen LogP contribution in [0.3, 0.4) is 0 Å². The minimum atomic E-state index is -0.390. The van der Waals surface area contributed by atoms with Crippen molar-refractivity contribution in [1.82, 2.24) is 15.0 Å². The second-order valence-corrected chi connectivity index (χ2v) is 6.67. The van der Waals surface area contributed by atoms with Gasteiger partial charge in [-0.2, -0.15) is 0 Å². The van der Waals surface area contributed by atoms with Gasteiger partial charge in [-0.1, -0.05) is 0 Å². The van der Waals surface area contributed by atoms with Gasteiger partial charge in [0.15, 0.2) is 16.8 Å². The van der Waals surface area contributed by atoms with Gasteiger partial charge >= 0.3 is 5.97 Å². The van der Waals surface area contributed by atoms with Gasteiger partial charge in [0.1, 0.15) is 12.0 Å². The van der Waals surface area contributed by atoms with E-state index in [-0.39, 0.29) is 0 Å². The van der Waals surface area contributed by atoms with Crippen LogP contribution >= 0.6 is 11.3 Å². The summed E-state index contributed by atoms with van der Waals surface area (Å²) in [5.41, 5.74) is 8.71. The smallest absolute Gasteiger partial charge is 0.337 e. The van der Waals surface area contributed by atoms with Gasteiger partial charge in [0.05, 0.1) is 18.4 Å². The Morgan fingerprint density at radius 3 is 2.35 bits per heavy atom. The molecule has 0 radical (unpaired) electrons. The van der Waals surface area contributed by atoms with Gasteiger partial charge in [-0.05, 0) is 38.1 Å². The molecular formula is C17H18N6O2S. The summed E-state index contributed by atoms with van der Waals surface area (Å²) >= 11 is 1.53. The Balaban J connectivity index is 1.79. The molecule has 0 amide bonds. The summed E-state index contributed by atoms with van der Waals surface area (Å²) < 4.78 is 4.68. The van der Waals surface area contributed by atoms with Gasteiger partial charge < -0.3 is 21.1 Å². The minimum Gasteiger partial charge on any atom is -0.465 e. The summed E-state index contributed by atoms with van der Waals surface area (Å²) in [6.45, 7) is 3.96. The van der Waals surface area contributed by atoms with Gasteiger partial charge in [-0.15, -0.1) is 11.3 Å². The molecule has 1 aromatic carbocycles. The van der Waals surface area contributed by atoms with Crippen molar-refractivity contribution in [3.05, 3.63) is 46.7 Å². The van der Waals surface area contributed by atoms with Crippen LogP contribution in [-0.2, 0) is 4.74 Å². The Bertz CT molecular complexity index is 919. The number of rotatable bonds is 5. The van der Waals surface area contributed by atoms with Crippen LogP contribution in [0.15, 0.2) is 30.6 Å². The third kappa shape index (κ3) is 3.72. The molecule has 0 unspecified atom stereocenters. The quantitative estimate of drug-likeness (QED) is 0.585. The largest absolute Gasteiger partial charge is 0.465 e. The van der Waals surface area contributed by atoms with E-state index in [9.17, 15) is 4.79 Å². The maximum Gasteiger partial charge on any atom is 0.337 e. The highest BCUT2D eigenvalue weighted by molar-refractivity contribution is 7.15. The van der Waals surface area contributed by atoms with Gasteiger partial charge in [-0.3, -0.25) is 0 Å². The van der Waals surface area contributed by atoms with Crippen molar-refractivity contribution in [1.29, 1.82) is 0 Å². The lowest BCUT2D eigenvalue weighted by atomic mass is 10.2. The number of hydrogen-bond donors (Lipinski definition) is 3. The van der Waals surface area contributed by atoms with E-state index in [2.05, 4.69) is 30.3 Å². The van der Waals surface area contributed by atoms with Crippen molar-refractivity contribution in [3.63, 3.8) is 0 Å². The third-order valence-corrected chi connectivity index (χ3v) is 4.69. The summed E-state index contributed by atoms with van der Waals surface area (Å²) in [5.74, 6) is 0.541. The van der Waals surface area contributed by atoms with Crippen molar-refractivity contribution < 1.29 is 9.53 Å². The zero-order valence-corrected chi connectivity index (χ0v) is 15.3. The van der Waals surface area contributed by atoms with E-state index in [4.69, 9.17) is 5.73 Å². The monoisotopic (exact) mass is 370 g/mol. The van der Waals surface area contributed by atoms with E-state index in [1.807, 2.05) is 13.8 Å². The van der Waals surface area contributed by atoms with Crippen molar-refractivity contribution in [3.8, 4) is 0 Å². The number of nitrogens with one attached hydrogen (secondary N) is 2. The maximum absolute atomic E-state index is 11.5. The Morgan fingerprint density at radius 1 is 1.12 bits per heavy atom. The lowest BCUT2D eigenvalue weighted by Crippen LogP contribution is -2.05. The van der Waals surface area contributed by atoms with Crippen LogP contribution in [0.2, 0.25) is 0 Å². The Labute approximate surface area is 154 Å². The molecule has 134 valence electrons. The van der Waals surface area contributed by atoms with Crippen LogP contribution in [0.4, 0.5) is 28.1 Å². The highest BCUT2D eigenvalue weighted by Gasteiger charge is 2.12. The maximum atomic E-state index is 11.5. The molecule has 0 aliphatic carbocycles. The first-order valence-electron chi connectivity index (χ1n) is 7.75. The van der Waals surface area contributed by atoms with Crippen LogP contribution in [0.1, 0.15) is 20.9 Å². The first-order valence-corrected chi connectivity index (χ1v) is 8.56. The molecule has 26 heavy (non-hydrogen) atoms. The molecule has 4 N–H and O–H groups in total. The number of benzene rings is 1. The third-order valence-electron chi connectivity index (χ3n) is 3.71. The number of anilines is 5. The standard InChI is InChI=1S/C17H18N6O2S/c1-9-10(2)26-17(21-9)23-15-13(18)14(19-8-20-15)22-12-6-4-11(5-7-12)16(24)25-3/h4-8H,18H2,1-3H3,(H2,19,20,21,22,23). The minimum absolute atomic E-state index is 0.370. The number of aryl methyl sites for hydroxylation is 2. The molecule has 0 bridgehead atoms. The topological polar surface area (TPSA) is 115 Å². The number of carbonyl (C=O) groups excluding carboxylic acids is 1. The van der Waals surface area contributed by atoms with E-state index in [1.54, 1.807) is 24.3 Å². The molecule has 8 nitrogen and oxygen atoms in total. The van der Waals surface area contributed by atoms with Crippen molar-refractivity contribution >= 4 is 45.4 Å². The highest BCUT2D eigenvalue weighted by atomic mass is 32.1. The lowest BCUT2D eigenvalue weighted by Gasteiger charge is -2.11. The van der Waals surface area contributed by atoms with Crippen molar-refractivity contribution in [2.75, 3.05) is 23.5 Å². The number of aromatic nitrogens is 3. The fourth-order valence-corrected chi connectivity index (χ4v) is 2.98. The number of nitrogens with two attached hydrogens (primary N) is 1. The Hall–Kier alpha value is -3.20. The second kappa shape index (κ2) is 7.36. The molecule has 3 aromatic rings.